The third-order valence-electron chi connectivity index (χ3n) is 3.52. The third kappa shape index (κ3) is 4.41. The quantitative estimate of drug-likeness (QED) is 0.751. The van der Waals surface area contributed by atoms with Crippen LogP contribution >= 0.6 is 0 Å². The lowest BCUT2D eigenvalue weighted by Crippen LogP contribution is -2.45. The maximum absolute atomic E-state index is 8.79. The summed E-state index contributed by atoms with van der Waals surface area (Å²) in [6.07, 6.45) is 3.38. The van der Waals surface area contributed by atoms with E-state index in [1.54, 1.807) is 0 Å². The molecule has 0 saturated carbocycles. The average molecular weight is 248 g/mol. The van der Waals surface area contributed by atoms with Crippen molar-refractivity contribution in [3.05, 3.63) is 35.9 Å². The van der Waals surface area contributed by atoms with Crippen molar-refractivity contribution < 1.29 is 5.11 Å². The van der Waals surface area contributed by atoms with Gasteiger partial charge in [0.1, 0.15) is 0 Å². The standard InChI is InChI=1S/C15H24N2O/c18-11-5-9-16-15-8-4-10-17(13-15)12-14-6-2-1-3-7-14/h1-3,6-7,15-16,18H,4-5,8-13H2. The monoisotopic (exact) mass is 248 g/mol. The van der Waals surface area contributed by atoms with Gasteiger partial charge in [0, 0.05) is 25.7 Å². The number of hydrogen-bond donors (Lipinski definition) is 2. The Labute approximate surface area is 110 Å². The minimum absolute atomic E-state index is 0.285. The lowest BCUT2D eigenvalue weighted by Gasteiger charge is -2.33. The molecule has 2 N–H and O–H groups in total. The fourth-order valence-corrected chi connectivity index (χ4v) is 2.59. The van der Waals surface area contributed by atoms with Gasteiger partial charge in [-0.1, -0.05) is 30.3 Å². The first-order chi connectivity index (χ1) is 8.88. The molecule has 1 aliphatic heterocycles. The molecule has 1 atom stereocenters. The summed E-state index contributed by atoms with van der Waals surface area (Å²) in [5, 5.41) is 12.3. The van der Waals surface area contributed by atoms with Crippen LogP contribution in [0.15, 0.2) is 30.3 Å². The summed E-state index contributed by atoms with van der Waals surface area (Å²) in [6, 6.07) is 11.3. The SMILES string of the molecule is OCCCNC1CCCN(Cc2ccccc2)C1. The van der Waals surface area contributed by atoms with Gasteiger partial charge in [-0.25, -0.2) is 0 Å². The molecule has 0 aromatic heterocycles. The molecule has 18 heavy (non-hydrogen) atoms. The molecule has 1 aliphatic rings. The molecule has 1 unspecified atom stereocenters. The largest absolute Gasteiger partial charge is 0.396 e. The molecule has 3 nitrogen and oxygen atoms in total. The second-order valence-electron chi connectivity index (χ2n) is 5.09. The molecule has 0 bridgehead atoms. The average Bonchev–Trinajstić information content (AvgIpc) is 2.41. The summed E-state index contributed by atoms with van der Waals surface area (Å²) in [7, 11) is 0. The summed E-state index contributed by atoms with van der Waals surface area (Å²) in [4.78, 5) is 2.52. The summed E-state index contributed by atoms with van der Waals surface area (Å²) in [6.45, 7) is 4.60. The number of hydrogen-bond acceptors (Lipinski definition) is 3. The highest BCUT2D eigenvalue weighted by Gasteiger charge is 2.18. The van der Waals surface area contributed by atoms with Crippen molar-refractivity contribution in [2.75, 3.05) is 26.2 Å². The number of nitrogens with one attached hydrogen (secondary N) is 1. The molecule has 1 heterocycles. The zero-order chi connectivity index (χ0) is 12.6. The Morgan fingerprint density at radius 3 is 2.89 bits per heavy atom. The predicted octanol–water partition coefficient (Wildman–Crippen LogP) is 1.62. The van der Waals surface area contributed by atoms with Crippen LogP contribution in [0.25, 0.3) is 0 Å². The van der Waals surface area contributed by atoms with Crippen LogP contribution in [0.3, 0.4) is 0 Å². The molecule has 3 heteroatoms. The van der Waals surface area contributed by atoms with Crippen LogP contribution in [0.4, 0.5) is 0 Å². The highest BCUT2D eigenvalue weighted by Crippen LogP contribution is 2.13. The number of likely N-dealkylation sites (tertiary alicyclic amines) is 1. The topological polar surface area (TPSA) is 35.5 Å². The van der Waals surface area contributed by atoms with E-state index in [1.165, 1.54) is 24.9 Å². The minimum Gasteiger partial charge on any atom is -0.396 e. The maximum Gasteiger partial charge on any atom is 0.0443 e. The van der Waals surface area contributed by atoms with Crippen LogP contribution in [-0.4, -0.2) is 42.3 Å². The molecule has 1 saturated heterocycles. The fourth-order valence-electron chi connectivity index (χ4n) is 2.59. The molecule has 0 aliphatic carbocycles. The van der Waals surface area contributed by atoms with Gasteiger partial charge in [-0.15, -0.1) is 0 Å². The molecular formula is C15H24N2O. The number of piperidine rings is 1. The highest BCUT2D eigenvalue weighted by molar-refractivity contribution is 5.14. The molecule has 0 spiro atoms. The number of aliphatic hydroxyl groups is 1. The molecule has 1 fully saturated rings. The fraction of sp³-hybridized carbons (Fsp3) is 0.600. The van der Waals surface area contributed by atoms with E-state index in [-0.39, 0.29) is 6.61 Å². The van der Waals surface area contributed by atoms with E-state index in [0.29, 0.717) is 6.04 Å². The Morgan fingerprint density at radius 1 is 1.28 bits per heavy atom. The van der Waals surface area contributed by atoms with Crippen LogP contribution in [0.2, 0.25) is 0 Å². The van der Waals surface area contributed by atoms with E-state index in [1.807, 2.05) is 0 Å². The van der Waals surface area contributed by atoms with Gasteiger partial charge in [-0.05, 0) is 37.9 Å². The van der Waals surface area contributed by atoms with Crippen LogP contribution in [0, 0.1) is 0 Å². The molecule has 100 valence electrons. The van der Waals surface area contributed by atoms with Crippen LogP contribution in [-0.2, 0) is 6.54 Å². The Balaban J connectivity index is 1.76. The summed E-state index contributed by atoms with van der Waals surface area (Å²) >= 11 is 0. The second-order valence-corrected chi connectivity index (χ2v) is 5.09. The van der Waals surface area contributed by atoms with E-state index in [2.05, 4.69) is 40.5 Å². The van der Waals surface area contributed by atoms with Crippen molar-refractivity contribution in [2.45, 2.75) is 31.8 Å². The lowest BCUT2D eigenvalue weighted by atomic mass is 10.0. The lowest BCUT2D eigenvalue weighted by molar-refractivity contribution is 0.181. The van der Waals surface area contributed by atoms with Crippen molar-refractivity contribution in [1.29, 1.82) is 0 Å². The summed E-state index contributed by atoms with van der Waals surface area (Å²) in [5.41, 5.74) is 1.40. The highest BCUT2D eigenvalue weighted by atomic mass is 16.3. The maximum atomic E-state index is 8.79. The van der Waals surface area contributed by atoms with Gasteiger partial charge in [-0.3, -0.25) is 4.90 Å². The second kappa shape index (κ2) is 7.52. The molecule has 0 radical (unpaired) electrons. The van der Waals surface area contributed by atoms with Gasteiger partial charge in [0.25, 0.3) is 0 Å². The zero-order valence-electron chi connectivity index (χ0n) is 11.0. The number of benzene rings is 1. The first-order valence-corrected chi connectivity index (χ1v) is 6.99. The van der Waals surface area contributed by atoms with Gasteiger partial charge in [0.2, 0.25) is 0 Å². The van der Waals surface area contributed by atoms with E-state index < -0.39 is 0 Å². The van der Waals surface area contributed by atoms with Crippen molar-refractivity contribution in [3.8, 4) is 0 Å². The predicted molar refractivity (Wildman–Crippen MR) is 74.4 cm³/mol. The Morgan fingerprint density at radius 2 is 2.11 bits per heavy atom. The number of aliphatic hydroxyl groups excluding tert-OH is 1. The molecule has 0 amide bonds. The van der Waals surface area contributed by atoms with Gasteiger partial charge >= 0.3 is 0 Å². The number of rotatable bonds is 6. The first-order valence-electron chi connectivity index (χ1n) is 6.99. The Kier molecular flexibility index (Phi) is 5.65. The Bertz CT molecular complexity index is 329. The van der Waals surface area contributed by atoms with Gasteiger partial charge in [-0.2, -0.15) is 0 Å². The third-order valence-corrected chi connectivity index (χ3v) is 3.52. The van der Waals surface area contributed by atoms with Crippen molar-refractivity contribution in [1.82, 2.24) is 10.2 Å². The van der Waals surface area contributed by atoms with Gasteiger partial charge in [0.15, 0.2) is 0 Å². The number of nitrogens with zero attached hydrogens (tertiary/aromatic N) is 1. The van der Waals surface area contributed by atoms with Gasteiger partial charge < -0.3 is 10.4 Å². The zero-order valence-corrected chi connectivity index (χ0v) is 11.0. The van der Waals surface area contributed by atoms with E-state index in [9.17, 15) is 0 Å². The molecule has 1 aromatic carbocycles. The van der Waals surface area contributed by atoms with Crippen molar-refractivity contribution in [3.63, 3.8) is 0 Å². The summed E-state index contributed by atoms with van der Waals surface area (Å²) < 4.78 is 0. The molecular weight excluding hydrogens is 224 g/mol. The van der Waals surface area contributed by atoms with Crippen molar-refractivity contribution >= 4 is 0 Å². The van der Waals surface area contributed by atoms with Gasteiger partial charge in [0.05, 0.1) is 0 Å². The molecule has 2 rings (SSSR count). The van der Waals surface area contributed by atoms with Crippen LogP contribution in [0.5, 0.6) is 0 Å². The van der Waals surface area contributed by atoms with E-state index in [4.69, 9.17) is 5.11 Å². The van der Waals surface area contributed by atoms with E-state index in [0.717, 1.165) is 26.1 Å². The summed E-state index contributed by atoms with van der Waals surface area (Å²) in [5.74, 6) is 0. The molecule has 1 aromatic rings. The first kappa shape index (κ1) is 13.5. The van der Waals surface area contributed by atoms with Crippen molar-refractivity contribution in [2.24, 2.45) is 0 Å². The Hall–Kier alpha value is -0.900. The normalized spacial score (nSPS) is 21.1. The van der Waals surface area contributed by atoms with Crippen LogP contribution < -0.4 is 5.32 Å². The minimum atomic E-state index is 0.285. The van der Waals surface area contributed by atoms with E-state index >= 15 is 0 Å². The van der Waals surface area contributed by atoms with Crippen LogP contribution in [0.1, 0.15) is 24.8 Å². The smallest absolute Gasteiger partial charge is 0.0443 e.